The minimum absolute atomic E-state index is 0.175. The van der Waals surface area contributed by atoms with Crippen LogP contribution in [0.1, 0.15) is 22.3 Å². The molecule has 0 aliphatic carbocycles. The van der Waals surface area contributed by atoms with Crippen LogP contribution < -0.4 is 0 Å². The van der Waals surface area contributed by atoms with Gasteiger partial charge in [0.05, 0.1) is 51.6 Å². The van der Waals surface area contributed by atoms with Crippen molar-refractivity contribution in [3.05, 3.63) is 149 Å². The molecular formula is C41H25F3N4. The number of para-hydroxylation sites is 2. The van der Waals surface area contributed by atoms with Gasteiger partial charge in [-0.25, -0.2) is 4.85 Å². The molecule has 8 rings (SSSR count). The van der Waals surface area contributed by atoms with Crippen LogP contribution in [0.5, 0.6) is 0 Å². The number of aryl methyl sites for hydroxylation is 2. The fraction of sp³-hybridized carbons (Fsp3) is 0.0732. The van der Waals surface area contributed by atoms with Crippen molar-refractivity contribution in [1.82, 2.24) is 9.13 Å². The largest absolute Gasteiger partial charge is 0.415 e. The Morgan fingerprint density at radius 2 is 1.12 bits per heavy atom. The molecule has 0 saturated heterocycles. The van der Waals surface area contributed by atoms with E-state index in [9.17, 15) is 18.4 Å². The second kappa shape index (κ2) is 10.6. The van der Waals surface area contributed by atoms with E-state index >= 15 is 0 Å². The number of benzene rings is 6. The van der Waals surface area contributed by atoms with Crippen molar-refractivity contribution in [2.24, 2.45) is 0 Å². The highest BCUT2D eigenvalue weighted by molar-refractivity contribution is 6.12. The number of hydrogen-bond acceptors (Lipinski definition) is 1. The number of halogens is 3. The Bertz CT molecular complexity index is 2710. The first kappa shape index (κ1) is 29.1. The molecule has 0 saturated carbocycles. The zero-order valence-corrected chi connectivity index (χ0v) is 25.9. The van der Waals surface area contributed by atoms with E-state index in [0.29, 0.717) is 5.56 Å². The van der Waals surface area contributed by atoms with Crippen molar-refractivity contribution in [2.75, 3.05) is 0 Å². The molecule has 0 atom stereocenters. The molecule has 8 aromatic rings. The number of aromatic nitrogens is 2. The lowest BCUT2D eigenvalue weighted by atomic mass is 9.95. The van der Waals surface area contributed by atoms with E-state index in [2.05, 4.69) is 74.6 Å². The molecule has 0 aliphatic rings. The Hall–Kier alpha value is -6.31. The van der Waals surface area contributed by atoms with Crippen LogP contribution in [0.4, 0.5) is 18.9 Å². The first-order chi connectivity index (χ1) is 23.2. The van der Waals surface area contributed by atoms with Gasteiger partial charge in [0, 0.05) is 27.1 Å². The van der Waals surface area contributed by atoms with Gasteiger partial charge < -0.3 is 9.13 Å². The first-order valence-electron chi connectivity index (χ1n) is 15.4. The minimum Gasteiger partial charge on any atom is -0.307 e. The second-order valence-corrected chi connectivity index (χ2v) is 12.1. The summed E-state index contributed by atoms with van der Waals surface area (Å²) in [5.74, 6) is 0. The summed E-state index contributed by atoms with van der Waals surface area (Å²) in [5.41, 5.74) is 7.18. The Balaban J connectivity index is 1.57. The van der Waals surface area contributed by atoms with Gasteiger partial charge in [-0.05, 0) is 78.6 Å². The van der Waals surface area contributed by atoms with Crippen LogP contribution in [0.3, 0.4) is 0 Å². The molecule has 6 aromatic carbocycles. The predicted molar refractivity (Wildman–Crippen MR) is 186 cm³/mol. The lowest BCUT2D eigenvalue weighted by molar-refractivity contribution is -0.137. The van der Waals surface area contributed by atoms with E-state index in [1.165, 1.54) is 6.07 Å². The smallest absolute Gasteiger partial charge is 0.307 e. The van der Waals surface area contributed by atoms with Gasteiger partial charge >= 0.3 is 6.18 Å². The molecule has 4 nitrogen and oxygen atoms in total. The molecule has 7 heteroatoms. The average Bonchev–Trinajstić information content (AvgIpc) is 3.58. The van der Waals surface area contributed by atoms with E-state index in [0.717, 1.165) is 78.2 Å². The fourth-order valence-corrected chi connectivity index (χ4v) is 6.96. The average molecular weight is 631 g/mol. The van der Waals surface area contributed by atoms with Crippen molar-refractivity contribution in [2.45, 2.75) is 20.0 Å². The molecule has 0 bridgehead atoms. The Labute approximate surface area is 273 Å². The lowest BCUT2D eigenvalue weighted by Gasteiger charge is -2.20. The van der Waals surface area contributed by atoms with Gasteiger partial charge in [0.2, 0.25) is 0 Å². The van der Waals surface area contributed by atoms with Crippen LogP contribution in [0.25, 0.3) is 71.0 Å². The molecule has 0 fully saturated rings. The van der Waals surface area contributed by atoms with Gasteiger partial charge in [-0.15, -0.1) is 0 Å². The highest BCUT2D eigenvalue weighted by Gasteiger charge is 2.31. The molecule has 230 valence electrons. The fourth-order valence-electron chi connectivity index (χ4n) is 6.96. The first-order valence-corrected chi connectivity index (χ1v) is 15.4. The van der Waals surface area contributed by atoms with Crippen molar-refractivity contribution in [1.29, 1.82) is 5.26 Å². The summed E-state index contributed by atoms with van der Waals surface area (Å²) < 4.78 is 45.4. The quantitative estimate of drug-likeness (QED) is 0.179. The van der Waals surface area contributed by atoms with Gasteiger partial charge in [0.1, 0.15) is 0 Å². The SMILES string of the molecule is [C-]#[N+]c1cc(C(F)(F)F)ccc1-c1cc(-n2c3ccccc3c3ccc(C)cc32)c(-n2c3ccccc3c3ccc(C)cc32)cc1C#N. The van der Waals surface area contributed by atoms with Crippen LogP contribution in [-0.2, 0) is 6.18 Å². The van der Waals surface area contributed by atoms with E-state index < -0.39 is 11.7 Å². The van der Waals surface area contributed by atoms with Gasteiger partial charge in [-0.2, -0.15) is 18.4 Å². The maximum Gasteiger partial charge on any atom is 0.415 e. The molecule has 0 spiro atoms. The number of rotatable bonds is 3. The molecule has 0 radical (unpaired) electrons. The highest BCUT2D eigenvalue weighted by atomic mass is 19.4. The van der Waals surface area contributed by atoms with Crippen LogP contribution >= 0.6 is 0 Å². The van der Waals surface area contributed by atoms with Gasteiger partial charge in [-0.3, -0.25) is 0 Å². The Kier molecular flexibility index (Phi) is 6.44. The lowest BCUT2D eigenvalue weighted by Crippen LogP contribution is -2.06. The molecule has 0 aliphatic heterocycles. The predicted octanol–water partition coefficient (Wildman–Crippen LogP) is 11.6. The molecule has 48 heavy (non-hydrogen) atoms. The Morgan fingerprint density at radius 1 is 0.604 bits per heavy atom. The van der Waals surface area contributed by atoms with Crippen LogP contribution in [0.2, 0.25) is 0 Å². The molecular weight excluding hydrogens is 605 g/mol. The molecule has 2 aromatic heterocycles. The standard InChI is InChI=1S/C41H25F3N4/c1-24-12-15-31-29-8-4-6-10-35(29)47(37(31)18-24)39-20-26(23-45)33(28-17-14-27(41(42,43)44)21-34(28)46-3)22-40(39)48-36-11-7-5-9-30(36)32-16-13-25(2)19-38(32)48/h4-22H,1-2H3. The van der Waals surface area contributed by atoms with Crippen molar-refractivity contribution >= 4 is 49.3 Å². The van der Waals surface area contributed by atoms with Gasteiger partial charge in [-0.1, -0.05) is 72.8 Å². The van der Waals surface area contributed by atoms with Crippen LogP contribution in [0.15, 0.2) is 115 Å². The summed E-state index contributed by atoms with van der Waals surface area (Å²) in [5, 5.41) is 14.8. The minimum atomic E-state index is -4.61. The van der Waals surface area contributed by atoms with E-state index in [4.69, 9.17) is 6.57 Å². The zero-order chi connectivity index (χ0) is 33.3. The van der Waals surface area contributed by atoms with E-state index in [1.54, 1.807) is 6.07 Å². The normalized spacial score (nSPS) is 11.8. The molecule has 0 N–H and O–H groups in total. The van der Waals surface area contributed by atoms with Crippen molar-refractivity contribution in [3.8, 4) is 28.6 Å². The topological polar surface area (TPSA) is 38.0 Å². The number of nitrogens with zero attached hydrogens (tertiary/aromatic N) is 4. The van der Waals surface area contributed by atoms with Crippen LogP contribution in [-0.4, -0.2) is 9.13 Å². The third-order valence-corrected chi connectivity index (χ3v) is 9.11. The maximum absolute atomic E-state index is 13.7. The second-order valence-electron chi connectivity index (χ2n) is 12.1. The number of fused-ring (bicyclic) bond motifs is 6. The summed E-state index contributed by atoms with van der Waals surface area (Å²) in [7, 11) is 0. The summed E-state index contributed by atoms with van der Waals surface area (Å²) >= 11 is 0. The summed E-state index contributed by atoms with van der Waals surface area (Å²) in [6, 6.07) is 37.9. The van der Waals surface area contributed by atoms with Gasteiger partial charge in [0.25, 0.3) is 0 Å². The number of alkyl halides is 3. The summed E-state index contributed by atoms with van der Waals surface area (Å²) in [4.78, 5) is 3.49. The van der Waals surface area contributed by atoms with Crippen molar-refractivity contribution in [3.63, 3.8) is 0 Å². The van der Waals surface area contributed by atoms with E-state index in [-0.39, 0.29) is 16.8 Å². The zero-order valence-electron chi connectivity index (χ0n) is 25.9. The van der Waals surface area contributed by atoms with Gasteiger partial charge in [0.15, 0.2) is 5.69 Å². The Morgan fingerprint density at radius 3 is 1.65 bits per heavy atom. The summed E-state index contributed by atoms with van der Waals surface area (Å²) in [6.07, 6.45) is -4.61. The molecule has 0 amide bonds. The molecule has 2 heterocycles. The van der Waals surface area contributed by atoms with Crippen molar-refractivity contribution < 1.29 is 13.2 Å². The maximum atomic E-state index is 13.7. The van der Waals surface area contributed by atoms with Crippen LogP contribution in [0, 0.1) is 31.8 Å². The molecule has 0 unspecified atom stereocenters. The highest BCUT2D eigenvalue weighted by Crippen LogP contribution is 2.44. The third kappa shape index (κ3) is 4.36. The third-order valence-electron chi connectivity index (χ3n) is 9.11. The monoisotopic (exact) mass is 630 g/mol. The number of hydrogen-bond donors (Lipinski definition) is 0. The summed E-state index contributed by atoms with van der Waals surface area (Å²) in [6.45, 7) is 11.9. The van der Waals surface area contributed by atoms with E-state index in [1.807, 2.05) is 50.2 Å². The number of nitriles is 1.